The summed E-state index contributed by atoms with van der Waals surface area (Å²) in [6, 6.07) is 7.50. The van der Waals surface area contributed by atoms with Crippen molar-refractivity contribution in [2.24, 2.45) is 0 Å². The van der Waals surface area contributed by atoms with Gasteiger partial charge in [0.25, 0.3) is 0 Å². The van der Waals surface area contributed by atoms with E-state index < -0.39 is 11.8 Å². The normalized spacial score (nSPS) is 15.0. The third-order valence-corrected chi connectivity index (χ3v) is 5.16. The molecule has 2 amide bonds. The predicted octanol–water partition coefficient (Wildman–Crippen LogP) is 3.51. The number of thiazole rings is 1. The van der Waals surface area contributed by atoms with Gasteiger partial charge < -0.3 is 10.6 Å². The maximum Gasteiger partial charge on any atom is 0.313 e. The van der Waals surface area contributed by atoms with Gasteiger partial charge in [0.15, 0.2) is 0 Å². The lowest BCUT2D eigenvalue weighted by atomic mass is 9.95. The number of nitrogens with one attached hydrogen (secondary N) is 2. The first-order valence-corrected chi connectivity index (χ1v) is 9.14. The zero-order valence-corrected chi connectivity index (χ0v) is 14.5. The summed E-state index contributed by atoms with van der Waals surface area (Å²) in [5, 5.41) is 8.41. The van der Waals surface area contributed by atoms with Gasteiger partial charge in [0, 0.05) is 28.4 Å². The SMILES string of the molecule is Cc1csc(-c2ccc(NC(=O)C(=O)NC3CCCCC3)cc2)n1. The maximum absolute atomic E-state index is 12.0. The van der Waals surface area contributed by atoms with Gasteiger partial charge in [-0.05, 0) is 44.0 Å². The third kappa shape index (κ3) is 4.20. The van der Waals surface area contributed by atoms with E-state index in [4.69, 9.17) is 0 Å². The highest BCUT2D eigenvalue weighted by Gasteiger charge is 2.20. The molecule has 1 heterocycles. The second-order valence-electron chi connectivity index (χ2n) is 6.13. The number of hydrogen-bond donors (Lipinski definition) is 2. The smallest absolute Gasteiger partial charge is 0.313 e. The van der Waals surface area contributed by atoms with Crippen LogP contribution >= 0.6 is 11.3 Å². The van der Waals surface area contributed by atoms with Crippen molar-refractivity contribution in [1.29, 1.82) is 0 Å². The average molecular weight is 343 g/mol. The van der Waals surface area contributed by atoms with Crippen LogP contribution in [0.5, 0.6) is 0 Å². The number of aryl methyl sites for hydroxylation is 1. The molecule has 0 spiro atoms. The molecule has 126 valence electrons. The topological polar surface area (TPSA) is 71.1 Å². The highest BCUT2D eigenvalue weighted by atomic mass is 32.1. The molecule has 0 bridgehead atoms. The van der Waals surface area contributed by atoms with E-state index in [2.05, 4.69) is 15.6 Å². The minimum atomic E-state index is -0.613. The van der Waals surface area contributed by atoms with E-state index in [1.165, 1.54) is 6.42 Å². The van der Waals surface area contributed by atoms with Crippen molar-refractivity contribution < 1.29 is 9.59 Å². The summed E-state index contributed by atoms with van der Waals surface area (Å²) in [6.07, 6.45) is 5.36. The van der Waals surface area contributed by atoms with Crippen molar-refractivity contribution in [3.8, 4) is 10.6 Å². The molecular formula is C18H21N3O2S. The molecule has 1 aromatic heterocycles. The van der Waals surface area contributed by atoms with Gasteiger partial charge in [0.05, 0.1) is 0 Å². The van der Waals surface area contributed by atoms with Crippen molar-refractivity contribution in [2.45, 2.75) is 45.1 Å². The van der Waals surface area contributed by atoms with E-state index >= 15 is 0 Å². The van der Waals surface area contributed by atoms with Gasteiger partial charge in [-0.15, -0.1) is 11.3 Å². The molecule has 1 aliphatic carbocycles. The molecule has 5 nitrogen and oxygen atoms in total. The summed E-state index contributed by atoms with van der Waals surface area (Å²) in [5.74, 6) is -1.17. The Morgan fingerprint density at radius 3 is 2.42 bits per heavy atom. The largest absolute Gasteiger partial charge is 0.345 e. The standard InChI is InChI=1S/C18H21N3O2S/c1-12-11-24-18(19-12)13-7-9-15(10-8-13)21-17(23)16(22)20-14-5-3-2-4-6-14/h7-11,14H,2-6H2,1H3,(H,20,22)(H,21,23). The summed E-state index contributed by atoms with van der Waals surface area (Å²) < 4.78 is 0. The Hall–Kier alpha value is -2.21. The van der Waals surface area contributed by atoms with E-state index in [9.17, 15) is 9.59 Å². The van der Waals surface area contributed by atoms with E-state index in [1.54, 1.807) is 23.5 Å². The molecule has 1 fully saturated rings. The summed E-state index contributed by atoms with van der Waals surface area (Å²) >= 11 is 1.58. The fraction of sp³-hybridized carbons (Fsp3) is 0.389. The quantitative estimate of drug-likeness (QED) is 0.838. The number of carbonyl (C=O) groups excluding carboxylic acids is 2. The van der Waals surface area contributed by atoms with Crippen LogP contribution < -0.4 is 10.6 Å². The number of rotatable bonds is 3. The summed E-state index contributed by atoms with van der Waals surface area (Å²) in [7, 11) is 0. The first kappa shape index (κ1) is 16.6. The zero-order valence-electron chi connectivity index (χ0n) is 13.7. The number of nitrogens with zero attached hydrogens (tertiary/aromatic N) is 1. The van der Waals surface area contributed by atoms with Crippen molar-refractivity contribution in [1.82, 2.24) is 10.3 Å². The van der Waals surface area contributed by atoms with Crippen LogP contribution in [0.4, 0.5) is 5.69 Å². The number of benzene rings is 1. The van der Waals surface area contributed by atoms with Crippen LogP contribution in [0.25, 0.3) is 10.6 Å². The monoisotopic (exact) mass is 343 g/mol. The molecule has 0 unspecified atom stereocenters. The van der Waals surface area contributed by atoms with E-state index in [1.807, 2.05) is 24.4 Å². The Bertz CT molecular complexity index is 718. The van der Waals surface area contributed by atoms with Gasteiger partial charge in [-0.1, -0.05) is 19.3 Å². The van der Waals surface area contributed by atoms with Crippen molar-refractivity contribution in [3.63, 3.8) is 0 Å². The zero-order chi connectivity index (χ0) is 16.9. The molecule has 24 heavy (non-hydrogen) atoms. The molecule has 2 N–H and O–H groups in total. The molecule has 3 rings (SSSR count). The number of amides is 2. The first-order chi connectivity index (χ1) is 11.6. The van der Waals surface area contributed by atoms with Gasteiger partial charge in [0.1, 0.15) is 5.01 Å². The summed E-state index contributed by atoms with van der Waals surface area (Å²) in [5.41, 5.74) is 2.60. The Kier molecular flexibility index (Phi) is 5.25. The molecule has 0 saturated heterocycles. The number of aromatic nitrogens is 1. The molecular weight excluding hydrogens is 322 g/mol. The molecule has 1 aliphatic rings. The molecule has 1 saturated carbocycles. The van der Waals surface area contributed by atoms with E-state index in [0.717, 1.165) is 41.9 Å². The lowest BCUT2D eigenvalue weighted by molar-refractivity contribution is -0.136. The number of carbonyl (C=O) groups is 2. The molecule has 0 radical (unpaired) electrons. The van der Waals surface area contributed by atoms with Crippen LogP contribution in [-0.4, -0.2) is 22.8 Å². The maximum atomic E-state index is 12.0. The molecule has 1 aromatic carbocycles. The number of hydrogen-bond acceptors (Lipinski definition) is 4. The van der Waals surface area contributed by atoms with Crippen LogP contribution in [0.2, 0.25) is 0 Å². The third-order valence-electron chi connectivity index (χ3n) is 4.16. The van der Waals surface area contributed by atoms with Gasteiger partial charge in [-0.25, -0.2) is 4.98 Å². The minimum Gasteiger partial charge on any atom is -0.345 e. The van der Waals surface area contributed by atoms with Crippen molar-refractivity contribution in [2.75, 3.05) is 5.32 Å². The predicted molar refractivity (Wildman–Crippen MR) is 95.9 cm³/mol. The fourth-order valence-electron chi connectivity index (χ4n) is 2.87. The van der Waals surface area contributed by atoms with Crippen LogP contribution in [0, 0.1) is 6.92 Å². The molecule has 0 atom stereocenters. The van der Waals surface area contributed by atoms with Gasteiger partial charge in [0.2, 0.25) is 0 Å². The lowest BCUT2D eigenvalue weighted by Crippen LogP contribution is -2.42. The highest BCUT2D eigenvalue weighted by Crippen LogP contribution is 2.24. The highest BCUT2D eigenvalue weighted by molar-refractivity contribution is 7.13. The van der Waals surface area contributed by atoms with Crippen molar-refractivity contribution in [3.05, 3.63) is 35.3 Å². The Labute approximate surface area is 145 Å². The van der Waals surface area contributed by atoms with Gasteiger partial charge >= 0.3 is 11.8 Å². The minimum absolute atomic E-state index is 0.132. The lowest BCUT2D eigenvalue weighted by Gasteiger charge is -2.22. The molecule has 0 aliphatic heterocycles. The van der Waals surface area contributed by atoms with Crippen LogP contribution in [0.15, 0.2) is 29.6 Å². The molecule has 6 heteroatoms. The van der Waals surface area contributed by atoms with Crippen molar-refractivity contribution >= 4 is 28.8 Å². The van der Waals surface area contributed by atoms with Crippen LogP contribution in [0.3, 0.4) is 0 Å². The van der Waals surface area contributed by atoms with E-state index in [-0.39, 0.29) is 6.04 Å². The van der Waals surface area contributed by atoms with Crippen LogP contribution in [0.1, 0.15) is 37.8 Å². The van der Waals surface area contributed by atoms with Crippen LogP contribution in [-0.2, 0) is 9.59 Å². The first-order valence-electron chi connectivity index (χ1n) is 8.26. The fourth-order valence-corrected chi connectivity index (χ4v) is 3.67. The summed E-state index contributed by atoms with van der Waals surface area (Å²) in [6.45, 7) is 1.96. The Morgan fingerprint density at radius 1 is 1.08 bits per heavy atom. The number of anilines is 1. The van der Waals surface area contributed by atoms with Gasteiger partial charge in [-0.3, -0.25) is 9.59 Å². The molecule has 2 aromatic rings. The average Bonchev–Trinajstić information content (AvgIpc) is 3.03. The summed E-state index contributed by atoms with van der Waals surface area (Å²) in [4.78, 5) is 28.4. The van der Waals surface area contributed by atoms with Gasteiger partial charge in [-0.2, -0.15) is 0 Å². The van der Waals surface area contributed by atoms with E-state index in [0.29, 0.717) is 5.69 Å². The second-order valence-corrected chi connectivity index (χ2v) is 6.99. The Balaban J connectivity index is 1.56. The second kappa shape index (κ2) is 7.57. The Morgan fingerprint density at radius 2 is 1.79 bits per heavy atom.